The normalized spacial score (nSPS) is 10.6. The van der Waals surface area contributed by atoms with Crippen LogP contribution in [0.2, 0.25) is 0 Å². The number of carboxylic acid groups (broad SMARTS) is 1. The second-order valence-electron chi connectivity index (χ2n) is 2.93. The SMILES string of the molecule is Cc1cc(CC(=O)O)n2ncnc2n1. The number of fused-ring (bicyclic) bond motifs is 1. The fourth-order valence-corrected chi connectivity index (χ4v) is 1.29. The molecule has 2 aromatic rings. The average molecular weight is 192 g/mol. The van der Waals surface area contributed by atoms with E-state index in [1.165, 1.54) is 10.8 Å². The second-order valence-corrected chi connectivity index (χ2v) is 2.93. The molecule has 0 spiro atoms. The van der Waals surface area contributed by atoms with E-state index in [-0.39, 0.29) is 6.42 Å². The molecule has 0 unspecified atom stereocenters. The van der Waals surface area contributed by atoms with Gasteiger partial charge in [-0.05, 0) is 13.0 Å². The van der Waals surface area contributed by atoms with E-state index in [4.69, 9.17) is 5.11 Å². The lowest BCUT2D eigenvalue weighted by atomic mass is 10.2. The monoisotopic (exact) mass is 192 g/mol. The first-order valence-corrected chi connectivity index (χ1v) is 4.05. The molecule has 0 radical (unpaired) electrons. The Balaban J connectivity index is 2.60. The summed E-state index contributed by atoms with van der Waals surface area (Å²) in [5.74, 6) is -0.464. The smallest absolute Gasteiger partial charge is 0.309 e. The summed E-state index contributed by atoms with van der Waals surface area (Å²) in [7, 11) is 0. The van der Waals surface area contributed by atoms with Crippen LogP contribution >= 0.6 is 0 Å². The first-order chi connectivity index (χ1) is 6.66. The van der Waals surface area contributed by atoms with Crippen LogP contribution in [0.25, 0.3) is 5.78 Å². The number of carbonyl (C=O) groups is 1. The van der Waals surface area contributed by atoms with Crippen molar-refractivity contribution in [1.82, 2.24) is 19.6 Å². The Morgan fingerprint density at radius 3 is 3.14 bits per heavy atom. The summed E-state index contributed by atoms with van der Waals surface area (Å²) in [4.78, 5) is 18.6. The summed E-state index contributed by atoms with van der Waals surface area (Å²) in [5.41, 5.74) is 1.32. The highest BCUT2D eigenvalue weighted by Crippen LogP contribution is 2.05. The van der Waals surface area contributed by atoms with Crippen LogP contribution in [0.3, 0.4) is 0 Å². The molecule has 72 valence electrons. The van der Waals surface area contributed by atoms with E-state index in [0.717, 1.165) is 5.69 Å². The van der Waals surface area contributed by atoms with Crippen molar-refractivity contribution >= 4 is 11.7 Å². The Morgan fingerprint density at radius 1 is 1.64 bits per heavy atom. The predicted molar refractivity (Wildman–Crippen MR) is 46.9 cm³/mol. The molecule has 0 aromatic carbocycles. The van der Waals surface area contributed by atoms with Gasteiger partial charge in [-0.15, -0.1) is 0 Å². The van der Waals surface area contributed by atoms with Crippen molar-refractivity contribution < 1.29 is 9.90 Å². The van der Waals surface area contributed by atoms with Gasteiger partial charge in [-0.1, -0.05) is 0 Å². The maximum atomic E-state index is 10.6. The third-order valence-electron chi connectivity index (χ3n) is 1.79. The van der Waals surface area contributed by atoms with E-state index < -0.39 is 5.97 Å². The minimum atomic E-state index is -0.896. The van der Waals surface area contributed by atoms with Crippen LogP contribution in [-0.2, 0) is 11.2 Å². The molecule has 0 bridgehead atoms. The molecule has 0 amide bonds. The molecule has 0 fully saturated rings. The fraction of sp³-hybridized carbons (Fsp3) is 0.250. The molecule has 6 nitrogen and oxygen atoms in total. The van der Waals surface area contributed by atoms with Crippen LogP contribution < -0.4 is 0 Å². The van der Waals surface area contributed by atoms with E-state index in [2.05, 4.69) is 15.1 Å². The molecule has 14 heavy (non-hydrogen) atoms. The van der Waals surface area contributed by atoms with Crippen molar-refractivity contribution in [3.8, 4) is 0 Å². The Hall–Kier alpha value is -1.98. The van der Waals surface area contributed by atoms with Gasteiger partial charge in [0.25, 0.3) is 5.78 Å². The number of carboxylic acids is 1. The Bertz CT molecular complexity index is 491. The van der Waals surface area contributed by atoms with Crippen LogP contribution in [0.5, 0.6) is 0 Å². The quantitative estimate of drug-likeness (QED) is 0.727. The van der Waals surface area contributed by atoms with E-state index in [0.29, 0.717) is 11.5 Å². The number of hydrogen-bond donors (Lipinski definition) is 1. The fourth-order valence-electron chi connectivity index (χ4n) is 1.29. The van der Waals surface area contributed by atoms with Crippen molar-refractivity contribution in [2.45, 2.75) is 13.3 Å². The zero-order chi connectivity index (χ0) is 10.1. The van der Waals surface area contributed by atoms with Gasteiger partial charge in [0.15, 0.2) is 0 Å². The van der Waals surface area contributed by atoms with Gasteiger partial charge in [-0.2, -0.15) is 10.1 Å². The number of aliphatic carboxylic acids is 1. The zero-order valence-corrected chi connectivity index (χ0v) is 7.51. The van der Waals surface area contributed by atoms with Crippen LogP contribution in [-0.4, -0.2) is 30.7 Å². The van der Waals surface area contributed by atoms with Gasteiger partial charge in [0, 0.05) is 5.69 Å². The molecule has 2 rings (SSSR count). The van der Waals surface area contributed by atoms with Gasteiger partial charge < -0.3 is 5.11 Å². The zero-order valence-electron chi connectivity index (χ0n) is 7.51. The summed E-state index contributed by atoms with van der Waals surface area (Å²) in [6.45, 7) is 1.79. The summed E-state index contributed by atoms with van der Waals surface area (Å²) in [5, 5.41) is 12.6. The third-order valence-corrected chi connectivity index (χ3v) is 1.79. The molecule has 0 aliphatic rings. The molecular formula is C8H8N4O2. The van der Waals surface area contributed by atoms with Gasteiger partial charge in [0.05, 0.1) is 12.1 Å². The largest absolute Gasteiger partial charge is 0.481 e. The molecule has 0 atom stereocenters. The molecule has 0 aliphatic carbocycles. The molecule has 0 aliphatic heterocycles. The summed E-state index contributed by atoms with van der Waals surface area (Å²) < 4.78 is 1.43. The third kappa shape index (κ3) is 1.41. The van der Waals surface area contributed by atoms with E-state index in [1.54, 1.807) is 13.0 Å². The molecule has 0 saturated carbocycles. The van der Waals surface area contributed by atoms with Crippen LogP contribution in [0.1, 0.15) is 11.4 Å². The lowest BCUT2D eigenvalue weighted by Gasteiger charge is -2.01. The Labute approximate surface area is 79.2 Å². The van der Waals surface area contributed by atoms with E-state index >= 15 is 0 Å². The lowest BCUT2D eigenvalue weighted by Crippen LogP contribution is -2.08. The number of rotatable bonds is 2. The molecule has 2 aromatic heterocycles. The summed E-state index contributed by atoms with van der Waals surface area (Å²) >= 11 is 0. The van der Waals surface area contributed by atoms with Crippen molar-refractivity contribution in [3.05, 3.63) is 23.8 Å². The lowest BCUT2D eigenvalue weighted by molar-refractivity contribution is -0.136. The highest BCUT2D eigenvalue weighted by Gasteiger charge is 2.08. The van der Waals surface area contributed by atoms with Crippen LogP contribution in [0.4, 0.5) is 0 Å². The summed E-state index contributed by atoms with van der Waals surface area (Å²) in [6, 6.07) is 1.69. The minimum absolute atomic E-state index is 0.0801. The maximum absolute atomic E-state index is 10.6. The van der Waals surface area contributed by atoms with Crippen molar-refractivity contribution in [1.29, 1.82) is 0 Å². The van der Waals surface area contributed by atoms with Crippen molar-refractivity contribution in [2.75, 3.05) is 0 Å². The maximum Gasteiger partial charge on any atom is 0.309 e. The highest BCUT2D eigenvalue weighted by atomic mass is 16.4. The first-order valence-electron chi connectivity index (χ1n) is 4.05. The molecule has 2 heterocycles. The van der Waals surface area contributed by atoms with Crippen molar-refractivity contribution in [3.63, 3.8) is 0 Å². The number of hydrogen-bond acceptors (Lipinski definition) is 4. The van der Waals surface area contributed by atoms with Gasteiger partial charge >= 0.3 is 5.97 Å². The molecule has 1 N–H and O–H groups in total. The first kappa shape index (κ1) is 8.61. The van der Waals surface area contributed by atoms with Gasteiger partial charge in [-0.25, -0.2) is 9.50 Å². The van der Waals surface area contributed by atoms with Gasteiger partial charge in [-0.3, -0.25) is 4.79 Å². The number of nitrogens with zero attached hydrogens (tertiary/aromatic N) is 4. The predicted octanol–water partition coefficient (Wildman–Crippen LogP) is 0.0598. The van der Waals surface area contributed by atoms with Crippen LogP contribution in [0, 0.1) is 6.92 Å². The van der Waals surface area contributed by atoms with E-state index in [9.17, 15) is 4.79 Å². The molecule has 6 heteroatoms. The summed E-state index contributed by atoms with van der Waals surface area (Å²) in [6.07, 6.45) is 1.27. The highest BCUT2D eigenvalue weighted by molar-refractivity contribution is 5.69. The van der Waals surface area contributed by atoms with Crippen molar-refractivity contribution in [2.24, 2.45) is 0 Å². The van der Waals surface area contributed by atoms with Gasteiger partial charge in [0.2, 0.25) is 0 Å². The Kier molecular flexibility index (Phi) is 1.88. The molecule has 0 saturated heterocycles. The molecular weight excluding hydrogens is 184 g/mol. The minimum Gasteiger partial charge on any atom is -0.481 e. The second kappa shape index (κ2) is 3.06. The number of aryl methyl sites for hydroxylation is 1. The van der Waals surface area contributed by atoms with E-state index in [1.807, 2.05) is 0 Å². The Morgan fingerprint density at radius 2 is 2.43 bits per heavy atom. The average Bonchev–Trinajstić information content (AvgIpc) is 2.50. The number of aromatic nitrogens is 4. The topological polar surface area (TPSA) is 80.4 Å². The van der Waals surface area contributed by atoms with Gasteiger partial charge in [0.1, 0.15) is 6.33 Å². The van der Waals surface area contributed by atoms with Crippen LogP contribution in [0.15, 0.2) is 12.4 Å². The standard InChI is InChI=1S/C8H8N4O2/c1-5-2-6(3-7(13)14)12-8(11-5)9-4-10-12/h2,4H,3H2,1H3,(H,13,14).